The molecule has 0 unspecified atom stereocenters. The molecule has 2 aromatic rings. The fourth-order valence-electron chi connectivity index (χ4n) is 4.88. The number of rotatable bonds is 7. The van der Waals surface area contributed by atoms with Gasteiger partial charge in [-0.25, -0.2) is 0 Å². The molecule has 0 radical (unpaired) electrons. The molecule has 1 saturated carbocycles. The van der Waals surface area contributed by atoms with Crippen molar-refractivity contribution >= 4 is 23.5 Å². The van der Waals surface area contributed by atoms with Crippen LogP contribution >= 0.6 is 11.6 Å². The highest BCUT2D eigenvalue weighted by Gasteiger charge is 2.64. The topological polar surface area (TPSA) is 99.4 Å². The number of amides is 1. The van der Waals surface area contributed by atoms with Crippen molar-refractivity contribution in [3.05, 3.63) is 64.2 Å². The van der Waals surface area contributed by atoms with Crippen LogP contribution in [0.4, 0.5) is 0 Å². The largest absolute Gasteiger partial charge is 0.489 e. The minimum absolute atomic E-state index is 0.0574. The van der Waals surface area contributed by atoms with Crippen molar-refractivity contribution in [2.75, 3.05) is 0 Å². The van der Waals surface area contributed by atoms with Crippen molar-refractivity contribution in [2.45, 2.75) is 52.7 Å². The molecule has 0 aromatic heterocycles. The Hall–Kier alpha value is -3.04. The van der Waals surface area contributed by atoms with E-state index in [9.17, 15) is 9.59 Å². The lowest BCUT2D eigenvalue weighted by molar-refractivity contribution is -0.164. The Kier molecular flexibility index (Phi) is 6.52. The van der Waals surface area contributed by atoms with Crippen LogP contribution in [0.5, 0.6) is 5.75 Å². The number of halogens is 1. The van der Waals surface area contributed by atoms with Crippen LogP contribution in [0.25, 0.3) is 0 Å². The minimum Gasteiger partial charge on any atom is -0.489 e. The Morgan fingerprint density at radius 1 is 1.12 bits per heavy atom. The number of carboxylic acids is 1. The number of nitriles is 1. The van der Waals surface area contributed by atoms with Crippen molar-refractivity contribution in [1.82, 2.24) is 5.32 Å². The highest BCUT2D eigenvalue weighted by Crippen LogP contribution is 2.55. The number of carboxylic acid groups (broad SMARTS) is 1. The van der Waals surface area contributed by atoms with Crippen LogP contribution in [0.3, 0.4) is 0 Å². The van der Waals surface area contributed by atoms with Crippen LogP contribution in [-0.2, 0) is 11.2 Å². The van der Waals surface area contributed by atoms with Gasteiger partial charge in [0.25, 0.3) is 5.91 Å². The van der Waals surface area contributed by atoms with Gasteiger partial charge in [0.1, 0.15) is 17.9 Å². The number of nitrogens with zero attached hydrogens (tertiary/aromatic N) is 1. The zero-order valence-electron chi connectivity index (χ0n) is 18.6. The van der Waals surface area contributed by atoms with Crippen LogP contribution in [0.1, 0.15) is 55.6 Å². The molecular weight excluding hydrogens is 428 g/mol. The molecule has 7 heteroatoms. The molecule has 1 amide bonds. The molecule has 0 spiro atoms. The van der Waals surface area contributed by atoms with E-state index in [-0.39, 0.29) is 35.3 Å². The zero-order valence-corrected chi connectivity index (χ0v) is 19.4. The van der Waals surface area contributed by atoms with E-state index in [0.717, 1.165) is 5.56 Å². The van der Waals surface area contributed by atoms with Gasteiger partial charge in [-0.05, 0) is 36.2 Å². The summed E-state index contributed by atoms with van der Waals surface area (Å²) >= 11 is 6.14. The van der Waals surface area contributed by atoms with E-state index in [2.05, 4.69) is 5.32 Å². The van der Waals surface area contributed by atoms with Gasteiger partial charge in [-0.2, -0.15) is 5.26 Å². The van der Waals surface area contributed by atoms with Gasteiger partial charge in [-0.15, -0.1) is 0 Å². The Bertz CT molecular complexity index is 1050. The maximum atomic E-state index is 12.9. The first-order chi connectivity index (χ1) is 15.0. The van der Waals surface area contributed by atoms with Gasteiger partial charge in [0.2, 0.25) is 0 Å². The Morgan fingerprint density at radius 2 is 1.75 bits per heavy atom. The van der Waals surface area contributed by atoms with E-state index in [0.29, 0.717) is 28.3 Å². The van der Waals surface area contributed by atoms with E-state index in [1.54, 1.807) is 42.5 Å². The second-order valence-electron chi connectivity index (χ2n) is 9.39. The smallest absolute Gasteiger partial charge is 0.303 e. The van der Waals surface area contributed by atoms with Gasteiger partial charge in [-0.3, -0.25) is 9.59 Å². The second kappa shape index (κ2) is 8.84. The summed E-state index contributed by atoms with van der Waals surface area (Å²) in [6.07, 6.45) is 0.308. The molecule has 0 saturated heterocycles. The number of carbonyl (C=O) groups excluding carboxylic acids is 1. The minimum atomic E-state index is -0.846. The van der Waals surface area contributed by atoms with Crippen molar-refractivity contribution < 1.29 is 19.4 Å². The fourth-order valence-corrected chi connectivity index (χ4v) is 5.10. The molecule has 1 fully saturated rings. The number of nitrogens with one attached hydrogen (secondary N) is 1. The maximum Gasteiger partial charge on any atom is 0.303 e. The first-order valence-corrected chi connectivity index (χ1v) is 10.8. The van der Waals surface area contributed by atoms with Crippen molar-refractivity contribution in [3.63, 3.8) is 0 Å². The third-order valence-corrected chi connectivity index (χ3v) is 6.59. The van der Waals surface area contributed by atoms with Gasteiger partial charge >= 0.3 is 5.97 Å². The number of aliphatic carboxylic acids is 1. The Labute approximate surface area is 193 Å². The highest BCUT2D eigenvalue weighted by atomic mass is 35.5. The van der Waals surface area contributed by atoms with Gasteiger partial charge < -0.3 is 15.2 Å². The molecule has 2 N–H and O–H groups in total. The van der Waals surface area contributed by atoms with E-state index >= 15 is 0 Å². The van der Waals surface area contributed by atoms with Gasteiger partial charge in [0.15, 0.2) is 0 Å². The second-order valence-corrected chi connectivity index (χ2v) is 9.80. The Morgan fingerprint density at radius 3 is 2.28 bits per heavy atom. The first kappa shape index (κ1) is 23.6. The summed E-state index contributed by atoms with van der Waals surface area (Å²) in [5.41, 5.74) is 1.11. The number of carbonyl (C=O) groups is 2. The summed E-state index contributed by atoms with van der Waals surface area (Å²) in [5, 5.41) is 21.3. The standard InChI is InChI=1S/C25H27ClN2O4/c1-24(2)22(28-21(31)16-8-5-15(6-9-16)7-12-20(29)30)25(3,4)23(24)32-18-11-10-17(14-27)19(26)13-18/h5-6,8-11,13,22-23H,7,12H2,1-4H3,(H,28,31)(H,29,30)/t22-,23-. The highest BCUT2D eigenvalue weighted by molar-refractivity contribution is 6.31. The summed E-state index contributed by atoms with van der Waals surface area (Å²) in [7, 11) is 0. The summed E-state index contributed by atoms with van der Waals surface area (Å²) < 4.78 is 6.25. The Balaban J connectivity index is 1.69. The van der Waals surface area contributed by atoms with E-state index < -0.39 is 5.97 Å². The summed E-state index contributed by atoms with van der Waals surface area (Å²) in [6.45, 7) is 8.20. The van der Waals surface area contributed by atoms with Gasteiger partial charge in [0, 0.05) is 34.9 Å². The molecule has 168 valence electrons. The van der Waals surface area contributed by atoms with Crippen LogP contribution in [0.15, 0.2) is 42.5 Å². The molecule has 1 aliphatic rings. The van der Waals surface area contributed by atoms with E-state index in [1.807, 2.05) is 33.8 Å². The number of hydrogen-bond acceptors (Lipinski definition) is 4. The van der Waals surface area contributed by atoms with E-state index in [1.165, 1.54) is 0 Å². The van der Waals surface area contributed by atoms with Gasteiger partial charge in [-0.1, -0.05) is 51.4 Å². The number of ether oxygens (including phenoxy) is 1. The van der Waals surface area contributed by atoms with Gasteiger partial charge in [0.05, 0.1) is 10.6 Å². The average Bonchev–Trinajstić information content (AvgIpc) is 2.74. The molecule has 2 aromatic carbocycles. The maximum absolute atomic E-state index is 12.9. The normalized spacial score (nSPS) is 20.5. The average molecular weight is 455 g/mol. The number of benzene rings is 2. The quantitative estimate of drug-likeness (QED) is 0.623. The molecular formula is C25H27ClN2O4. The molecule has 0 heterocycles. The third-order valence-electron chi connectivity index (χ3n) is 6.27. The van der Waals surface area contributed by atoms with Crippen molar-refractivity contribution in [1.29, 1.82) is 5.26 Å². The predicted octanol–water partition coefficient (Wildman–Crippen LogP) is 4.84. The molecule has 6 nitrogen and oxygen atoms in total. The SMILES string of the molecule is CC1(C)[C@H](NC(=O)c2ccc(CCC(=O)O)cc2)C(C)(C)[C@H]1Oc1ccc(C#N)c(Cl)c1. The van der Waals surface area contributed by atoms with Crippen LogP contribution in [0, 0.1) is 22.2 Å². The lowest BCUT2D eigenvalue weighted by Crippen LogP contribution is -2.74. The number of hydrogen-bond donors (Lipinski definition) is 2. The summed E-state index contributed by atoms with van der Waals surface area (Å²) in [5.74, 6) is -0.441. The van der Waals surface area contributed by atoms with Crippen LogP contribution < -0.4 is 10.1 Å². The molecule has 0 bridgehead atoms. The predicted molar refractivity (Wildman–Crippen MR) is 122 cm³/mol. The molecule has 32 heavy (non-hydrogen) atoms. The van der Waals surface area contributed by atoms with Crippen molar-refractivity contribution in [3.8, 4) is 11.8 Å². The molecule has 3 rings (SSSR count). The lowest BCUT2D eigenvalue weighted by atomic mass is 9.49. The molecule has 1 aliphatic carbocycles. The summed E-state index contributed by atoms with van der Waals surface area (Å²) in [6, 6.07) is 13.9. The van der Waals surface area contributed by atoms with Crippen LogP contribution in [-0.4, -0.2) is 29.1 Å². The van der Waals surface area contributed by atoms with Crippen LogP contribution in [0.2, 0.25) is 5.02 Å². The monoisotopic (exact) mass is 454 g/mol. The summed E-state index contributed by atoms with van der Waals surface area (Å²) in [4.78, 5) is 23.6. The number of aryl methyl sites for hydroxylation is 1. The third kappa shape index (κ3) is 4.58. The molecule has 0 aliphatic heterocycles. The lowest BCUT2D eigenvalue weighted by Gasteiger charge is -2.63. The van der Waals surface area contributed by atoms with E-state index in [4.69, 9.17) is 26.7 Å². The zero-order chi connectivity index (χ0) is 23.7. The fraction of sp³-hybridized carbons (Fsp3) is 0.400. The molecule has 0 atom stereocenters. The first-order valence-electron chi connectivity index (χ1n) is 10.4. The van der Waals surface area contributed by atoms with Crippen molar-refractivity contribution in [2.24, 2.45) is 10.8 Å².